The van der Waals surface area contributed by atoms with Crippen molar-refractivity contribution < 1.29 is 9.53 Å². The third-order valence-corrected chi connectivity index (χ3v) is 4.84. The smallest absolute Gasteiger partial charge is 0.254 e. The predicted octanol–water partition coefficient (Wildman–Crippen LogP) is 1.91. The summed E-state index contributed by atoms with van der Waals surface area (Å²) in [6, 6.07) is 0.727. The van der Waals surface area contributed by atoms with Crippen molar-refractivity contribution in [2.75, 3.05) is 17.7 Å². The molecule has 7 heteroatoms. The molecule has 2 saturated carbocycles. The Hall–Kier alpha value is -1.89. The van der Waals surface area contributed by atoms with E-state index in [1.165, 1.54) is 12.6 Å². The maximum Gasteiger partial charge on any atom is 0.254 e. The van der Waals surface area contributed by atoms with E-state index in [1.807, 2.05) is 0 Å². The Kier molecular flexibility index (Phi) is 4.95. The number of rotatable bonds is 6. The molecule has 1 aromatic rings. The van der Waals surface area contributed by atoms with E-state index in [9.17, 15) is 4.79 Å². The summed E-state index contributed by atoms with van der Waals surface area (Å²) in [5.74, 6) is 0.599. The van der Waals surface area contributed by atoms with E-state index in [0.29, 0.717) is 35.5 Å². The molecule has 0 spiro atoms. The van der Waals surface area contributed by atoms with Crippen LogP contribution < -0.4 is 16.4 Å². The number of ether oxygens (including phenoxy) is 1. The molecular weight excluding hydrogens is 294 g/mol. The van der Waals surface area contributed by atoms with E-state index in [4.69, 9.17) is 10.5 Å². The molecule has 23 heavy (non-hydrogen) atoms. The van der Waals surface area contributed by atoms with Gasteiger partial charge in [-0.05, 0) is 44.9 Å². The van der Waals surface area contributed by atoms with Crippen LogP contribution in [0.5, 0.6) is 0 Å². The van der Waals surface area contributed by atoms with Crippen molar-refractivity contribution in [2.24, 2.45) is 5.73 Å². The molecule has 0 aromatic carbocycles. The summed E-state index contributed by atoms with van der Waals surface area (Å²) >= 11 is 0. The molecule has 2 fully saturated rings. The van der Waals surface area contributed by atoms with Crippen LogP contribution in [0.2, 0.25) is 0 Å². The van der Waals surface area contributed by atoms with Gasteiger partial charge < -0.3 is 21.1 Å². The van der Waals surface area contributed by atoms with Crippen molar-refractivity contribution in [3.05, 3.63) is 11.8 Å². The van der Waals surface area contributed by atoms with Crippen LogP contribution >= 0.6 is 0 Å². The number of hydrogen-bond acceptors (Lipinski definition) is 6. The van der Waals surface area contributed by atoms with E-state index >= 15 is 0 Å². The van der Waals surface area contributed by atoms with Crippen molar-refractivity contribution in [3.8, 4) is 0 Å². The molecule has 0 aliphatic heterocycles. The first kappa shape index (κ1) is 16.0. The highest BCUT2D eigenvalue weighted by molar-refractivity contribution is 5.97. The normalized spacial score (nSPS) is 24.7. The number of nitrogens with two attached hydrogens (primary N) is 1. The second-order valence-electron chi connectivity index (χ2n) is 6.45. The highest BCUT2D eigenvalue weighted by Crippen LogP contribution is 2.26. The SMILES string of the molecule is CO[C@H]1CC[C@H](Nc2ncc(C(N)=O)c(NC3CCC3)n2)CC1. The number of carbonyl (C=O) groups is 1. The lowest BCUT2D eigenvalue weighted by Crippen LogP contribution is -2.31. The monoisotopic (exact) mass is 319 g/mol. The van der Waals surface area contributed by atoms with Gasteiger partial charge in [-0.15, -0.1) is 0 Å². The predicted molar refractivity (Wildman–Crippen MR) is 88.5 cm³/mol. The van der Waals surface area contributed by atoms with Gasteiger partial charge in [-0.1, -0.05) is 0 Å². The van der Waals surface area contributed by atoms with Gasteiger partial charge in [-0.2, -0.15) is 4.98 Å². The first-order valence-electron chi connectivity index (χ1n) is 8.38. The zero-order chi connectivity index (χ0) is 16.2. The molecule has 0 unspecified atom stereocenters. The van der Waals surface area contributed by atoms with Crippen molar-refractivity contribution in [2.45, 2.75) is 63.1 Å². The summed E-state index contributed by atoms with van der Waals surface area (Å²) in [5, 5.41) is 6.68. The highest BCUT2D eigenvalue weighted by Gasteiger charge is 2.23. The molecule has 0 radical (unpaired) electrons. The van der Waals surface area contributed by atoms with E-state index < -0.39 is 5.91 Å². The molecule has 0 bridgehead atoms. The van der Waals surface area contributed by atoms with Crippen molar-refractivity contribution >= 4 is 17.7 Å². The first-order valence-corrected chi connectivity index (χ1v) is 8.38. The molecule has 2 aliphatic rings. The van der Waals surface area contributed by atoms with Crippen molar-refractivity contribution in [1.82, 2.24) is 9.97 Å². The summed E-state index contributed by atoms with van der Waals surface area (Å²) in [5.41, 5.74) is 5.77. The second kappa shape index (κ2) is 7.12. The molecule has 7 nitrogen and oxygen atoms in total. The van der Waals surface area contributed by atoms with E-state index in [0.717, 1.165) is 38.5 Å². The van der Waals surface area contributed by atoms with Gasteiger partial charge in [0.15, 0.2) is 0 Å². The van der Waals surface area contributed by atoms with Crippen LogP contribution in [0.4, 0.5) is 11.8 Å². The minimum atomic E-state index is -0.501. The van der Waals surface area contributed by atoms with E-state index in [1.54, 1.807) is 7.11 Å². The number of hydrogen-bond donors (Lipinski definition) is 3. The number of carbonyl (C=O) groups excluding carboxylic acids is 1. The number of primary amides is 1. The van der Waals surface area contributed by atoms with Crippen LogP contribution in [0.15, 0.2) is 6.20 Å². The Labute approximate surface area is 136 Å². The minimum absolute atomic E-state index is 0.345. The van der Waals surface area contributed by atoms with E-state index in [2.05, 4.69) is 20.6 Å². The molecule has 126 valence electrons. The number of aromatic nitrogens is 2. The Morgan fingerprint density at radius 1 is 1.17 bits per heavy atom. The highest BCUT2D eigenvalue weighted by atomic mass is 16.5. The lowest BCUT2D eigenvalue weighted by molar-refractivity contribution is 0.0681. The van der Waals surface area contributed by atoms with Gasteiger partial charge in [0.05, 0.1) is 11.7 Å². The summed E-state index contributed by atoms with van der Waals surface area (Å²) in [6.07, 6.45) is 9.44. The number of methoxy groups -OCH3 is 1. The fourth-order valence-electron chi connectivity index (χ4n) is 3.11. The quantitative estimate of drug-likeness (QED) is 0.740. The third kappa shape index (κ3) is 3.90. The summed E-state index contributed by atoms with van der Waals surface area (Å²) in [4.78, 5) is 20.3. The van der Waals surface area contributed by atoms with Gasteiger partial charge in [0.1, 0.15) is 5.82 Å². The number of anilines is 2. The fourth-order valence-corrected chi connectivity index (χ4v) is 3.11. The van der Waals surface area contributed by atoms with Gasteiger partial charge in [-0.3, -0.25) is 4.79 Å². The van der Waals surface area contributed by atoms with Gasteiger partial charge in [0, 0.05) is 25.4 Å². The Bertz CT molecular complexity index is 553. The van der Waals surface area contributed by atoms with Gasteiger partial charge in [0.25, 0.3) is 5.91 Å². The van der Waals surface area contributed by atoms with Crippen LogP contribution in [-0.2, 0) is 4.74 Å². The first-order chi connectivity index (χ1) is 11.2. The summed E-state index contributed by atoms with van der Waals surface area (Å²) < 4.78 is 5.39. The molecular formula is C16H25N5O2. The maximum absolute atomic E-state index is 11.5. The number of nitrogens with zero attached hydrogens (tertiary/aromatic N) is 2. The molecule has 0 saturated heterocycles. The van der Waals surface area contributed by atoms with Gasteiger partial charge in [-0.25, -0.2) is 4.98 Å². The van der Waals surface area contributed by atoms with Gasteiger partial charge >= 0.3 is 0 Å². The van der Waals surface area contributed by atoms with Crippen LogP contribution in [-0.4, -0.2) is 41.2 Å². The molecule has 1 aromatic heterocycles. The second-order valence-corrected chi connectivity index (χ2v) is 6.45. The Morgan fingerprint density at radius 2 is 1.87 bits per heavy atom. The number of amides is 1. The maximum atomic E-state index is 11.5. The minimum Gasteiger partial charge on any atom is -0.381 e. The number of nitrogens with one attached hydrogen (secondary N) is 2. The van der Waals surface area contributed by atoms with Crippen LogP contribution in [0.3, 0.4) is 0 Å². The Balaban J connectivity index is 1.67. The molecule has 0 atom stereocenters. The standard InChI is InChI=1S/C16H25N5O2/c1-23-12-7-5-11(6-8-12)20-16-18-9-13(14(17)22)15(21-16)19-10-3-2-4-10/h9-12H,2-8H2,1H3,(H2,17,22)(H2,18,19,20,21)/t11-,12-. The van der Waals surface area contributed by atoms with Crippen molar-refractivity contribution in [3.63, 3.8) is 0 Å². The average Bonchev–Trinajstić information content (AvgIpc) is 2.51. The largest absolute Gasteiger partial charge is 0.381 e. The molecule has 4 N–H and O–H groups in total. The van der Waals surface area contributed by atoms with Crippen LogP contribution in [0, 0.1) is 0 Å². The molecule has 2 aliphatic carbocycles. The third-order valence-electron chi connectivity index (χ3n) is 4.84. The van der Waals surface area contributed by atoms with Gasteiger partial charge in [0.2, 0.25) is 5.95 Å². The summed E-state index contributed by atoms with van der Waals surface area (Å²) in [6.45, 7) is 0. The molecule has 3 rings (SSSR count). The average molecular weight is 319 g/mol. The van der Waals surface area contributed by atoms with E-state index in [-0.39, 0.29) is 0 Å². The van der Waals surface area contributed by atoms with Crippen molar-refractivity contribution in [1.29, 1.82) is 0 Å². The zero-order valence-corrected chi connectivity index (χ0v) is 13.5. The fraction of sp³-hybridized carbons (Fsp3) is 0.688. The van der Waals surface area contributed by atoms with Crippen LogP contribution in [0.25, 0.3) is 0 Å². The summed E-state index contributed by atoms with van der Waals surface area (Å²) in [7, 11) is 1.77. The topological polar surface area (TPSA) is 102 Å². The Morgan fingerprint density at radius 3 is 2.43 bits per heavy atom. The molecule has 1 heterocycles. The van der Waals surface area contributed by atoms with Crippen LogP contribution in [0.1, 0.15) is 55.3 Å². The zero-order valence-electron chi connectivity index (χ0n) is 13.5. The molecule has 1 amide bonds. The lowest BCUT2D eigenvalue weighted by atomic mass is 9.93. The lowest BCUT2D eigenvalue weighted by Gasteiger charge is -2.29.